The van der Waals surface area contributed by atoms with Gasteiger partial charge in [0, 0.05) is 6.61 Å². The second-order valence-corrected chi connectivity index (χ2v) is 4.51. The molecule has 2 nitrogen and oxygen atoms in total. The highest BCUT2D eigenvalue weighted by Crippen LogP contribution is 2.31. The normalized spacial score (nSPS) is 14.8. The van der Waals surface area contributed by atoms with Gasteiger partial charge < -0.3 is 10.8 Å². The molecule has 0 aliphatic rings. The Kier molecular flexibility index (Phi) is 5.51. The van der Waals surface area contributed by atoms with E-state index in [1.54, 1.807) is 0 Å². The van der Waals surface area contributed by atoms with Crippen LogP contribution in [0.4, 0.5) is 0 Å². The fraction of sp³-hybridized carbons (Fsp3) is 1.00. The smallest absolute Gasteiger partial charge is 0.0431 e. The van der Waals surface area contributed by atoms with E-state index in [4.69, 9.17) is 10.8 Å². The van der Waals surface area contributed by atoms with E-state index < -0.39 is 0 Å². The van der Waals surface area contributed by atoms with Gasteiger partial charge in [-0.3, -0.25) is 0 Å². The summed E-state index contributed by atoms with van der Waals surface area (Å²) < 4.78 is 0. The van der Waals surface area contributed by atoms with Crippen molar-refractivity contribution in [2.24, 2.45) is 17.1 Å². The third kappa shape index (κ3) is 4.73. The lowest BCUT2D eigenvalue weighted by Gasteiger charge is -2.30. The Labute approximate surface area is 76.2 Å². The molecule has 0 saturated heterocycles. The number of hydrogen-bond acceptors (Lipinski definition) is 2. The van der Waals surface area contributed by atoms with Gasteiger partial charge in [-0.15, -0.1) is 0 Å². The van der Waals surface area contributed by atoms with E-state index in [1.165, 1.54) is 0 Å². The first-order chi connectivity index (χ1) is 5.52. The summed E-state index contributed by atoms with van der Waals surface area (Å²) in [6, 6.07) is 0. The third-order valence-electron chi connectivity index (χ3n) is 2.45. The molecule has 0 bridgehead atoms. The van der Waals surface area contributed by atoms with Crippen LogP contribution in [-0.2, 0) is 0 Å². The zero-order chi connectivity index (χ0) is 9.61. The highest BCUT2D eigenvalue weighted by molar-refractivity contribution is 4.74. The van der Waals surface area contributed by atoms with E-state index in [-0.39, 0.29) is 0 Å². The molecule has 0 aromatic heterocycles. The summed E-state index contributed by atoms with van der Waals surface area (Å²) in [5.41, 5.74) is 5.86. The number of aliphatic hydroxyl groups is 1. The maximum absolute atomic E-state index is 8.72. The minimum absolute atomic E-state index is 0.303. The summed E-state index contributed by atoms with van der Waals surface area (Å²) in [5, 5.41) is 8.72. The fourth-order valence-electron chi connectivity index (χ4n) is 1.55. The second kappa shape index (κ2) is 5.55. The van der Waals surface area contributed by atoms with Crippen molar-refractivity contribution in [3.8, 4) is 0 Å². The van der Waals surface area contributed by atoms with Gasteiger partial charge in [-0.2, -0.15) is 0 Å². The second-order valence-electron chi connectivity index (χ2n) is 4.51. The van der Waals surface area contributed by atoms with Crippen molar-refractivity contribution >= 4 is 0 Å². The largest absolute Gasteiger partial charge is 0.396 e. The molecule has 0 aromatic rings. The zero-order valence-electron chi connectivity index (χ0n) is 8.64. The molecule has 2 heteroatoms. The summed E-state index contributed by atoms with van der Waals surface area (Å²) in [6.07, 6.45) is 3.07. The molecular formula is C10H23NO. The fourth-order valence-corrected chi connectivity index (χ4v) is 1.55. The van der Waals surface area contributed by atoms with Crippen molar-refractivity contribution < 1.29 is 5.11 Å². The Hall–Kier alpha value is -0.0800. The predicted octanol–water partition coefficient (Wildman–Crippen LogP) is 1.77. The summed E-state index contributed by atoms with van der Waals surface area (Å²) in [4.78, 5) is 0. The van der Waals surface area contributed by atoms with Crippen LogP contribution in [0.25, 0.3) is 0 Å². The summed E-state index contributed by atoms with van der Waals surface area (Å²) >= 11 is 0. The molecule has 3 N–H and O–H groups in total. The van der Waals surface area contributed by atoms with Crippen LogP contribution in [0.1, 0.15) is 40.0 Å². The zero-order valence-corrected chi connectivity index (χ0v) is 8.64. The van der Waals surface area contributed by atoms with Crippen molar-refractivity contribution in [1.29, 1.82) is 0 Å². The maximum atomic E-state index is 8.72. The molecule has 0 aliphatic carbocycles. The van der Waals surface area contributed by atoms with Gasteiger partial charge in [0.05, 0.1) is 0 Å². The number of aliphatic hydroxyl groups excluding tert-OH is 1. The van der Waals surface area contributed by atoms with Crippen molar-refractivity contribution in [1.82, 2.24) is 0 Å². The van der Waals surface area contributed by atoms with Gasteiger partial charge in [0.15, 0.2) is 0 Å². The molecule has 0 amide bonds. The van der Waals surface area contributed by atoms with E-state index in [1.807, 2.05) is 0 Å². The molecule has 0 radical (unpaired) electrons. The van der Waals surface area contributed by atoms with Crippen LogP contribution in [0, 0.1) is 11.3 Å². The lowest BCUT2D eigenvalue weighted by atomic mass is 9.76. The maximum Gasteiger partial charge on any atom is 0.0431 e. The minimum atomic E-state index is 0.303. The standard InChI is InChI=1S/C10H23NO/c1-10(2,3)9(6-7-11)5-4-8-12/h9,12H,4-8,11H2,1-3H3. The van der Waals surface area contributed by atoms with Gasteiger partial charge in [-0.25, -0.2) is 0 Å². The molecule has 0 aliphatic heterocycles. The van der Waals surface area contributed by atoms with E-state index in [0.29, 0.717) is 17.9 Å². The Balaban J connectivity index is 3.86. The van der Waals surface area contributed by atoms with Crippen LogP contribution in [0.15, 0.2) is 0 Å². The summed E-state index contributed by atoms with van der Waals surface area (Å²) in [7, 11) is 0. The molecular weight excluding hydrogens is 150 g/mol. The molecule has 0 saturated carbocycles. The first-order valence-corrected chi connectivity index (χ1v) is 4.83. The van der Waals surface area contributed by atoms with Gasteiger partial charge in [0.25, 0.3) is 0 Å². The van der Waals surface area contributed by atoms with Gasteiger partial charge in [-0.05, 0) is 37.1 Å². The predicted molar refractivity (Wildman–Crippen MR) is 52.9 cm³/mol. The van der Waals surface area contributed by atoms with Crippen LogP contribution in [0.3, 0.4) is 0 Å². The van der Waals surface area contributed by atoms with Crippen molar-refractivity contribution in [3.05, 3.63) is 0 Å². The van der Waals surface area contributed by atoms with E-state index >= 15 is 0 Å². The van der Waals surface area contributed by atoms with Crippen molar-refractivity contribution in [2.75, 3.05) is 13.2 Å². The minimum Gasteiger partial charge on any atom is -0.396 e. The average Bonchev–Trinajstić information content (AvgIpc) is 1.95. The first-order valence-electron chi connectivity index (χ1n) is 4.83. The average molecular weight is 173 g/mol. The molecule has 74 valence electrons. The lowest BCUT2D eigenvalue weighted by molar-refractivity contribution is 0.190. The summed E-state index contributed by atoms with van der Waals surface area (Å²) in [5.74, 6) is 0.648. The van der Waals surface area contributed by atoms with Crippen LogP contribution in [0.5, 0.6) is 0 Å². The van der Waals surface area contributed by atoms with Crippen LogP contribution < -0.4 is 5.73 Å². The number of nitrogens with two attached hydrogens (primary N) is 1. The molecule has 0 aromatic carbocycles. The Morgan fingerprint density at radius 1 is 1.25 bits per heavy atom. The highest BCUT2D eigenvalue weighted by Gasteiger charge is 2.22. The van der Waals surface area contributed by atoms with Gasteiger partial charge >= 0.3 is 0 Å². The van der Waals surface area contributed by atoms with E-state index in [0.717, 1.165) is 25.8 Å². The van der Waals surface area contributed by atoms with Crippen LogP contribution in [0.2, 0.25) is 0 Å². The van der Waals surface area contributed by atoms with Gasteiger partial charge in [0.1, 0.15) is 0 Å². The highest BCUT2D eigenvalue weighted by atomic mass is 16.2. The first kappa shape index (κ1) is 11.9. The Morgan fingerprint density at radius 3 is 2.17 bits per heavy atom. The topological polar surface area (TPSA) is 46.2 Å². The van der Waals surface area contributed by atoms with E-state index in [9.17, 15) is 0 Å². The summed E-state index contributed by atoms with van der Waals surface area (Å²) in [6.45, 7) is 7.78. The van der Waals surface area contributed by atoms with Crippen LogP contribution >= 0.6 is 0 Å². The Morgan fingerprint density at radius 2 is 1.83 bits per heavy atom. The number of rotatable bonds is 5. The third-order valence-corrected chi connectivity index (χ3v) is 2.45. The monoisotopic (exact) mass is 173 g/mol. The van der Waals surface area contributed by atoms with Gasteiger partial charge in [-0.1, -0.05) is 20.8 Å². The van der Waals surface area contributed by atoms with E-state index in [2.05, 4.69) is 20.8 Å². The molecule has 12 heavy (non-hydrogen) atoms. The molecule has 0 rings (SSSR count). The Bertz CT molecular complexity index is 107. The molecule has 1 unspecified atom stereocenters. The number of hydrogen-bond donors (Lipinski definition) is 2. The molecule has 0 spiro atoms. The quantitative estimate of drug-likeness (QED) is 0.665. The molecule has 0 fully saturated rings. The van der Waals surface area contributed by atoms with Gasteiger partial charge in [0.2, 0.25) is 0 Å². The SMILES string of the molecule is CC(C)(C)C(CCN)CCCO. The van der Waals surface area contributed by atoms with Crippen molar-refractivity contribution in [3.63, 3.8) is 0 Å². The molecule has 0 heterocycles. The molecule has 1 atom stereocenters. The lowest BCUT2D eigenvalue weighted by Crippen LogP contribution is -2.23. The van der Waals surface area contributed by atoms with Crippen LogP contribution in [-0.4, -0.2) is 18.3 Å². The van der Waals surface area contributed by atoms with Crippen molar-refractivity contribution in [2.45, 2.75) is 40.0 Å².